The molecular weight excluding hydrogens is 340 g/mol. The van der Waals surface area contributed by atoms with Crippen LogP contribution in [0, 0.1) is 34.3 Å². The van der Waals surface area contributed by atoms with Crippen molar-refractivity contribution in [1.29, 1.82) is 10.5 Å². The van der Waals surface area contributed by atoms with Gasteiger partial charge in [0.2, 0.25) is 0 Å². The third kappa shape index (κ3) is 3.36. The van der Waals surface area contributed by atoms with Gasteiger partial charge in [-0.05, 0) is 46.3 Å². The Morgan fingerprint density at radius 2 is 1.62 bits per heavy atom. The standard InChI is InChI=1S/C15H8BrF2N3/c16-12-3-9(6-19)1-2-15(12)21-8-11-13(17)4-10(7-20)5-14(11)18/h1-5,21H,8H2. The minimum absolute atomic E-state index is 0.0618. The number of halogens is 3. The first-order valence-corrected chi connectivity index (χ1v) is 6.66. The second-order valence-corrected chi connectivity index (χ2v) is 5.04. The summed E-state index contributed by atoms with van der Waals surface area (Å²) < 4.78 is 28.1. The number of hydrogen-bond acceptors (Lipinski definition) is 3. The van der Waals surface area contributed by atoms with Crippen LogP contribution in [-0.2, 0) is 6.54 Å². The molecule has 0 radical (unpaired) electrons. The summed E-state index contributed by atoms with van der Waals surface area (Å²) in [6.45, 7) is -0.0755. The van der Waals surface area contributed by atoms with Crippen LogP contribution in [0.2, 0.25) is 0 Å². The van der Waals surface area contributed by atoms with E-state index in [4.69, 9.17) is 10.5 Å². The number of anilines is 1. The normalized spacial score (nSPS) is 9.76. The molecule has 0 fully saturated rings. The summed E-state index contributed by atoms with van der Waals surface area (Å²) >= 11 is 3.28. The van der Waals surface area contributed by atoms with Crippen LogP contribution in [0.4, 0.5) is 14.5 Å². The minimum atomic E-state index is -0.774. The van der Waals surface area contributed by atoms with Gasteiger partial charge in [0.25, 0.3) is 0 Å². The van der Waals surface area contributed by atoms with Crippen molar-refractivity contribution in [1.82, 2.24) is 0 Å². The fourth-order valence-electron chi connectivity index (χ4n) is 1.75. The van der Waals surface area contributed by atoms with Gasteiger partial charge in [0, 0.05) is 22.3 Å². The van der Waals surface area contributed by atoms with Crippen LogP contribution in [-0.4, -0.2) is 0 Å². The number of rotatable bonds is 3. The molecule has 0 heterocycles. The van der Waals surface area contributed by atoms with E-state index >= 15 is 0 Å². The van der Waals surface area contributed by atoms with Gasteiger partial charge in [-0.3, -0.25) is 0 Å². The first-order chi connectivity index (χ1) is 10.0. The Balaban J connectivity index is 2.21. The predicted molar refractivity (Wildman–Crippen MR) is 77.3 cm³/mol. The molecule has 0 bridgehead atoms. The van der Waals surface area contributed by atoms with Crippen LogP contribution in [0.3, 0.4) is 0 Å². The highest BCUT2D eigenvalue weighted by atomic mass is 79.9. The third-order valence-corrected chi connectivity index (χ3v) is 3.48. The topological polar surface area (TPSA) is 59.6 Å². The Labute approximate surface area is 128 Å². The van der Waals surface area contributed by atoms with Crippen molar-refractivity contribution in [2.45, 2.75) is 6.54 Å². The van der Waals surface area contributed by atoms with Crippen LogP contribution in [0.1, 0.15) is 16.7 Å². The van der Waals surface area contributed by atoms with E-state index in [1.54, 1.807) is 24.3 Å². The summed E-state index contributed by atoms with van der Waals surface area (Å²) in [6, 6.07) is 10.5. The van der Waals surface area contributed by atoms with Gasteiger partial charge in [0.05, 0.1) is 23.3 Å². The van der Waals surface area contributed by atoms with Crippen molar-refractivity contribution in [3.8, 4) is 12.1 Å². The molecule has 0 atom stereocenters. The maximum absolute atomic E-state index is 13.7. The molecule has 0 spiro atoms. The second kappa shape index (κ2) is 6.34. The van der Waals surface area contributed by atoms with E-state index in [0.29, 0.717) is 15.7 Å². The van der Waals surface area contributed by atoms with Gasteiger partial charge in [-0.2, -0.15) is 10.5 Å². The van der Waals surface area contributed by atoms with Crippen molar-refractivity contribution in [2.24, 2.45) is 0 Å². The minimum Gasteiger partial charge on any atom is -0.380 e. The zero-order valence-electron chi connectivity index (χ0n) is 10.6. The molecule has 21 heavy (non-hydrogen) atoms. The fourth-order valence-corrected chi connectivity index (χ4v) is 2.27. The van der Waals surface area contributed by atoms with Gasteiger partial charge in [-0.15, -0.1) is 0 Å². The van der Waals surface area contributed by atoms with Gasteiger partial charge in [-0.1, -0.05) is 0 Å². The van der Waals surface area contributed by atoms with Crippen LogP contribution >= 0.6 is 15.9 Å². The van der Waals surface area contributed by atoms with Crippen molar-refractivity contribution >= 4 is 21.6 Å². The number of benzene rings is 2. The van der Waals surface area contributed by atoms with Gasteiger partial charge < -0.3 is 5.32 Å². The zero-order chi connectivity index (χ0) is 15.4. The quantitative estimate of drug-likeness (QED) is 0.909. The Bertz CT molecular complexity index is 752. The Morgan fingerprint density at radius 1 is 1.00 bits per heavy atom. The number of hydrogen-bond donors (Lipinski definition) is 1. The molecule has 2 aromatic rings. The van der Waals surface area contributed by atoms with Crippen molar-refractivity contribution in [3.63, 3.8) is 0 Å². The summed E-state index contributed by atoms with van der Waals surface area (Å²) in [6.07, 6.45) is 0. The molecule has 104 valence electrons. The highest BCUT2D eigenvalue weighted by molar-refractivity contribution is 9.10. The summed E-state index contributed by atoms with van der Waals surface area (Å²) in [4.78, 5) is 0. The molecule has 6 heteroatoms. The zero-order valence-corrected chi connectivity index (χ0v) is 12.2. The Kier molecular flexibility index (Phi) is 4.52. The lowest BCUT2D eigenvalue weighted by Crippen LogP contribution is -2.06. The molecule has 0 aliphatic rings. The molecule has 2 rings (SSSR count). The third-order valence-electron chi connectivity index (χ3n) is 2.82. The maximum Gasteiger partial charge on any atom is 0.132 e. The fraction of sp³-hybridized carbons (Fsp3) is 0.0667. The highest BCUT2D eigenvalue weighted by Crippen LogP contribution is 2.25. The number of nitrogens with one attached hydrogen (secondary N) is 1. The summed E-state index contributed by atoms with van der Waals surface area (Å²) in [5.74, 6) is -1.55. The SMILES string of the molecule is N#Cc1cc(F)c(CNc2ccc(C#N)cc2Br)c(F)c1. The summed E-state index contributed by atoms with van der Waals surface area (Å²) in [5.41, 5.74) is 0.874. The monoisotopic (exact) mass is 347 g/mol. The van der Waals surface area contributed by atoms with E-state index in [9.17, 15) is 8.78 Å². The van der Waals surface area contributed by atoms with E-state index in [-0.39, 0.29) is 17.7 Å². The lowest BCUT2D eigenvalue weighted by atomic mass is 10.1. The summed E-state index contributed by atoms with van der Waals surface area (Å²) in [5, 5.41) is 20.3. The smallest absolute Gasteiger partial charge is 0.132 e. The lowest BCUT2D eigenvalue weighted by Gasteiger charge is -2.10. The van der Waals surface area contributed by atoms with E-state index in [1.807, 2.05) is 6.07 Å². The van der Waals surface area contributed by atoms with Crippen LogP contribution < -0.4 is 5.32 Å². The molecule has 0 aliphatic heterocycles. The molecule has 3 nitrogen and oxygen atoms in total. The maximum atomic E-state index is 13.7. The van der Waals surface area contributed by atoms with Crippen molar-refractivity contribution in [2.75, 3.05) is 5.32 Å². The van der Waals surface area contributed by atoms with E-state index in [1.165, 1.54) is 0 Å². The Hall–Kier alpha value is -2.44. The van der Waals surface area contributed by atoms with E-state index in [2.05, 4.69) is 21.2 Å². The van der Waals surface area contributed by atoms with Crippen LogP contribution in [0.25, 0.3) is 0 Å². The molecule has 2 aromatic carbocycles. The molecule has 0 aliphatic carbocycles. The molecule has 0 saturated heterocycles. The molecule has 0 saturated carbocycles. The molecule has 0 amide bonds. The Morgan fingerprint density at radius 3 is 2.14 bits per heavy atom. The summed E-state index contributed by atoms with van der Waals surface area (Å²) in [7, 11) is 0. The van der Waals surface area contributed by atoms with Gasteiger partial charge >= 0.3 is 0 Å². The molecular formula is C15H8BrF2N3. The largest absolute Gasteiger partial charge is 0.380 e. The molecule has 0 aromatic heterocycles. The highest BCUT2D eigenvalue weighted by Gasteiger charge is 2.11. The first kappa shape index (κ1) is 15.0. The first-order valence-electron chi connectivity index (χ1n) is 5.86. The second-order valence-electron chi connectivity index (χ2n) is 4.19. The van der Waals surface area contributed by atoms with Crippen molar-refractivity contribution in [3.05, 3.63) is 63.1 Å². The van der Waals surface area contributed by atoms with Crippen LogP contribution in [0.15, 0.2) is 34.8 Å². The van der Waals surface area contributed by atoms with Gasteiger partial charge in [-0.25, -0.2) is 8.78 Å². The van der Waals surface area contributed by atoms with E-state index < -0.39 is 11.6 Å². The number of nitrogens with zero attached hydrogens (tertiary/aromatic N) is 2. The van der Waals surface area contributed by atoms with Gasteiger partial charge in [0.1, 0.15) is 11.6 Å². The van der Waals surface area contributed by atoms with Gasteiger partial charge in [0.15, 0.2) is 0 Å². The lowest BCUT2D eigenvalue weighted by molar-refractivity contribution is 0.559. The average Bonchev–Trinajstić information content (AvgIpc) is 2.47. The number of nitriles is 2. The average molecular weight is 348 g/mol. The molecule has 1 N–H and O–H groups in total. The predicted octanol–water partition coefficient (Wildman–Crippen LogP) is 4.08. The van der Waals surface area contributed by atoms with Crippen molar-refractivity contribution < 1.29 is 8.78 Å². The van der Waals surface area contributed by atoms with Crippen LogP contribution in [0.5, 0.6) is 0 Å². The van der Waals surface area contributed by atoms with E-state index in [0.717, 1.165) is 12.1 Å². The molecule has 0 unspecified atom stereocenters.